The summed E-state index contributed by atoms with van der Waals surface area (Å²) in [5.74, 6) is 0.912. The van der Waals surface area contributed by atoms with Crippen LogP contribution in [0.15, 0.2) is 0 Å². The standard InChI is InChI=1S/C14H26N2O/c1-15(2)9-5-10-16-11-8-14(17)12-6-3-4-7-13(12)16/h12-13H,3-11H2,1-2H3/t12-,13-/m0/s1. The molecule has 2 fully saturated rings. The van der Waals surface area contributed by atoms with E-state index in [1.54, 1.807) is 0 Å². The molecule has 1 aliphatic heterocycles. The highest BCUT2D eigenvalue weighted by Crippen LogP contribution is 2.33. The summed E-state index contributed by atoms with van der Waals surface area (Å²) in [4.78, 5) is 16.8. The van der Waals surface area contributed by atoms with Crippen LogP contribution in [-0.2, 0) is 4.79 Å². The van der Waals surface area contributed by atoms with Gasteiger partial charge in [0.2, 0.25) is 0 Å². The summed E-state index contributed by atoms with van der Waals surface area (Å²) in [7, 11) is 4.26. The molecule has 0 spiro atoms. The van der Waals surface area contributed by atoms with Crippen molar-refractivity contribution in [1.29, 1.82) is 0 Å². The number of hydrogen-bond acceptors (Lipinski definition) is 3. The average molecular weight is 238 g/mol. The van der Waals surface area contributed by atoms with E-state index in [2.05, 4.69) is 23.9 Å². The normalized spacial score (nSPS) is 30.6. The predicted molar refractivity (Wildman–Crippen MR) is 70.1 cm³/mol. The van der Waals surface area contributed by atoms with Crippen molar-refractivity contribution in [1.82, 2.24) is 9.80 Å². The molecule has 3 nitrogen and oxygen atoms in total. The monoisotopic (exact) mass is 238 g/mol. The summed E-state index contributed by atoms with van der Waals surface area (Å²) in [6.07, 6.45) is 7.00. The highest BCUT2D eigenvalue weighted by molar-refractivity contribution is 5.82. The van der Waals surface area contributed by atoms with Gasteiger partial charge >= 0.3 is 0 Å². The molecule has 0 N–H and O–H groups in total. The summed E-state index contributed by atoms with van der Waals surface area (Å²) in [5, 5.41) is 0. The van der Waals surface area contributed by atoms with E-state index in [9.17, 15) is 4.79 Å². The molecule has 2 atom stereocenters. The maximum atomic E-state index is 11.9. The van der Waals surface area contributed by atoms with E-state index in [1.165, 1.54) is 32.2 Å². The van der Waals surface area contributed by atoms with Crippen molar-refractivity contribution < 1.29 is 4.79 Å². The maximum Gasteiger partial charge on any atom is 0.138 e. The number of nitrogens with zero attached hydrogens (tertiary/aromatic N) is 2. The lowest BCUT2D eigenvalue weighted by atomic mass is 9.77. The van der Waals surface area contributed by atoms with Gasteiger partial charge in [0.1, 0.15) is 5.78 Å². The minimum atomic E-state index is 0.372. The van der Waals surface area contributed by atoms with Gasteiger partial charge in [0.05, 0.1) is 0 Å². The second-order valence-electron chi connectivity index (χ2n) is 5.87. The summed E-state index contributed by atoms with van der Waals surface area (Å²) in [5.41, 5.74) is 0. The first-order valence-electron chi connectivity index (χ1n) is 7.10. The molecular weight excluding hydrogens is 212 g/mol. The fraction of sp³-hybridized carbons (Fsp3) is 0.929. The zero-order chi connectivity index (χ0) is 12.3. The van der Waals surface area contributed by atoms with E-state index in [-0.39, 0.29) is 0 Å². The number of ketones is 1. The molecule has 1 saturated carbocycles. The van der Waals surface area contributed by atoms with Gasteiger partial charge in [-0.3, -0.25) is 9.69 Å². The third kappa shape index (κ3) is 3.29. The number of likely N-dealkylation sites (tertiary alicyclic amines) is 1. The number of carbonyl (C=O) groups excluding carboxylic acids is 1. The first-order valence-corrected chi connectivity index (χ1v) is 7.10. The topological polar surface area (TPSA) is 23.6 Å². The lowest BCUT2D eigenvalue weighted by molar-refractivity contribution is -0.130. The Morgan fingerprint density at radius 2 is 2.06 bits per heavy atom. The van der Waals surface area contributed by atoms with E-state index >= 15 is 0 Å². The Morgan fingerprint density at radius 1 is 1.29 bits per heavy atom. The second kappa shape index (κ2) is 5.96. The molecule has 17 heavy (non-hydrogen) atoms. The van der Waals surface area contributed by atoms with Crippen LogP contribution in [0.4, 0.5) is 0 Å². The molecule has 2 aliphatic rings. The zero-order valence-electron chi connectivity index (χ0n) is 11.3. The van der Waals surface area contributed by atoms with E-state index < -0.39 is 0 Å². The SMILES string of the molecule is CN(C)CCCN1CCC(=O)[C@H]2CCCC[C@@H]21. The molecule has 2 rings (SSSR count). The average Bonchev–Trinajstić information content (AvgIpc) is 2.32. The molecule has 0 aromatic heterocycles. The number of fused-ring (bicyclic) bond motifs is 1. The third-order valence-electron chi connectivity index (χ3n) is 4.31. The highest BCUT2D eigenvalue weighted by atomic mass is 16.1. The second-order valence-corrected chi connectivity index (χ2v) is 5.87. The van der Waals surface area contributed by atoms with Gasteiger partial charge in [0.25, 0.3) is 0 Å². The number of carbonyl (C=O) groups is 1. The Kier molecular flexibility index (Phi) is 4.57. The Morgan fingerprint density at radius 3 is 2.82 bits per heavy atom. The molecular formula is C14H26N2O. The van der Waals surface area contributed by atoms with E-state index in [1.807, 2.05) is 0 Å². The summed E-state index contributed by atoms with van der Waals surface area (Å²) < 4.78 is 0. The van der Waals surface area contributed by atoms with Gasteiger partial charge in [0.15, 0.2) is 0 Å². The minimum Gasteiger partial charge on any atom is -0.309 e. The van der Waals surface area contributed by atoms with Crippen LogP contribution in [0, 0.1) is 5.92 Å². The number of hydrogen-bond donors (Lipinski definition) is 0. The molecule has 0 aromatic rings. The van der Waals surface area contributed by atoms with Crippen molar-refractivity contribution in [2.75, 3.05) is 33.7 Å². The van der Waals surface area contributed by atoms with Crippen LogP contribution in [0.1, 0.15) is 38.5 Å². The van der Waals surface area contributed by atoms with Gasteiger partial charge in [-0.15, -0.1) is 0 Å². The smallest absolute Gasteiger partial charge is 0.138 e. The van der Waals surface area contributed by atoms with E-state index in [0.29, 0.717) is 17.7 Å². The van der Waals surface area contributed by atoms with Gasteiger partial charge in [0, 0.05) is 24.9 Å². The van der Waals surface area contributed by atoms with Gasteiger partial charge in [-0.1, -0.05) is 12.8 Å². The first kappa shape index (κ1) is 13.0. The molecule has 1 saturated heterocycles. The molecule has 0 radical (unpaired) electrons. The fourth-order valence-corrected chi connectivity index (χ4v) is 3.40. The van der Waals surface area contributed by atoms with Crippen molar-refractivity contribution in [2.45, 2.75) is 44.6 Å². The van der Waals surface area contributed by atoms with Crippen molar-refractivity contribution in [3.8, 4) is 0 Å². The summed E-state index contributed by atoms with van der Waals surface area (Å²) in [6, 6.07) is 0.576. The first-order chi connectivity index (χ1) is 8.18. The number of Topliss-reactive ketones (excluding diaryl/α,β-unsaturated/α-hetero) is 1. The van der Waals surface area contributed by atoms with Crippen LogP contribution in [0.25, 0.3) is 0 Å². The van der Waals surface area contributed by atoms with Crippen LogP contribution in [0.5, 0.6) is 0 Å². The lowest BCUT2D eigenvalue weighted by Gasteiger charge is -2.43. The zero-order valence-corrected chi connectivity index (χ0v) is 11.3. The Labute approximate surface area is 105 Å². The molecule has 98 valence electrons. The Bertz CT molecular complexity index is 265. The number of rotatable bonds is 4. The van der Waals surface area contributed by atoms with Crippen LogP contribution >= 0.6 is 0 Å². The molecule has 0 amide bonds. The molecule has 1 aliphatic carbocycles. The van der Waals surface area contributed by atoms with Crippen LogP contribution in [-0.4, -0.2) is 55.4 Å². The highest BCUT2D eigenvalue weighted by Gasteiger charge is 2.37. The van der Waals surface area contributed by atoms with Crippen LogP contribution in [0.2, 0.25) is 0 Å². The molecule has 1 heterocycles. The Balaban J connectivity index is 1.86. The van der Waals surface area contributed by atoms with Crippen LogP contribution < -0.4 is 0 Å². The summed E-state index contributed by atoms with van der Waals surface area (Å²) in [6.45, 7) is 3.34. The molecule has 3 heteroatoms. The van der Waals surface area contributed by atoms with Crippen molar-refractivity contribution >= 4 is 5.78 Å². The van der Waals surface area contributed by atoms with Crippen molar-refractivity contribution in [2.24, 2.45) is 5.92 Å². The summed E-state index contributed by atoms with van der Waals surface area (Å²) >= 11 is 0. The van der Waals surface area contributed by atoms with E-state index in [0.717, 1.165) is 25.9 Å². The minimum absolute atomic E-state index is 0.372. The van der Waals surface area contributed by atoms with Gasteiger partial charge < -0.3 is 4.90 Å². The fourth-order valence-electron chi connectivity index (χ4n) is 3.40. The maximum absolute atomic E-state index is 11.9. The van der Waals surface area contributed by atoms with Gasteiger partial charge in [-0.05, 0) is 46.4 Å². The van der Waals surface area contributed by atoms with E-state index in [4.69, 9.17) is 0 Å². The quantitative estimate of drug-likeness (QED) is 0.746. The van der Waals surface area contributed by atoms with Crippen molar-refractivity contribution in [3.05, 3.63) is 0 Å². The lowest BCUT2D eigenvalue weighted by Crippen LogP contribution is -2.51. The predicted octanol–water partition coefficient (Wildman–Crippen LogP) is 1.77. The molecule has 0 unspecified atom stereocenters. The van der Waals surface area contributed by atoms with Gasteiger partial charge in [-0.25, -0.2) is 0 Å². The number of piperidine rings is 1. The molecule has 0 bridgehead atoms. The largest absolute Gasteiger partial charge is 0.309 e. The third-order valence-corrected chi connectivity index (χ3v) is 4.31. The van der Waals surface area contributed by atoms with Crippen molar-refractivity contribution in [3.63, 3.8) is 0 Å². The van der Waals surface area contributed by atoms with Crippen LogP contribution in [0.3, 0.4) is 0 Å². The molecule has 0 aromatic carbocycles. The Hall–Kier alpha value is -0.410. The van der Waals surface area contributed by atoms with Gasteiger partial charge in [-0.2, -0.15) is 0 Å².